The Bertz CT molecular complexity index is 425. The molecular formula is C10H12INO4. The highest BCUT2D eigenvalue weighted by Crippen LogP contribution is 2.21. The molecule has 0 bridgehead atoms. The van der Waals surface area contributed by atoms with Crippen LogP contribution in [-0.4, -0.2) is 31.1 Å². The first-order valence-electron chi connectivity index (χ1n) is 4.53. The molecule has 0 spiro atoms. The second-order valence-electron chi connectivity index (χ2n) is 3.16. The molecule has 0 atom stereocenters. The van der Waals surface area contributed by atoms with E-state index in [2.05, 4.69) is 37.0 Å². The molecule has 0 radical (unpaired) electrons. The Morgan fingerprint density at radius 2 is 1.94 bits per heavy atom. The van der Waals surface area contributed by atoms with Crippen LogP contribution in [0.3, 0.4) is 0 Å². The van der Waals surface area contributed by atoms with Crippen molar-refractivity contribution in [3.63, 3.8) is 0 Å². The summed E-state index contributed by atoms with van der Waals surface area (Å²) in [6, 6.07) is 0. The zero-order valence-corrected chi connectivity index (χ0v) is 11.4. The molecule has 0 unspecified atom stereocenters. The summed E-state index contributed by atoms with van der Waals surface area (Å²) in [7, 11) is 2.61. The maximum absolute atomic E-state index is 11.5. The van der Waals surface area contributed by atoms with Crippen LogP contribution in [-0.2, 0) is 20.7 Å². The normalized spacial score (nSPS) is 10.0. The van der Waals surface area contributed by atoms with Crippen LogP contribution in [0.5, 0.6) is 0 Å². The van der Waals surface area contributed by atoms with E-state index in [4.69, 9.17) is 0 Å². The first-order chi connectivity index (χ1) is 7.51. The van der Waals surface area contributed by atoms with Crippen molar-refractivity contribution in [1.82, 2.24) is 4.98 Å². The van der Waals surface area contributed by atoms with Crippen LogP contribution in [0, 0.1) is 10.6 Å². The van der Waals surface area contributed by atoms with Crippen molar-refractivity contribution in [2.45, 2.75) is 13.3 Å². The summed E-state index contributed by atoms with van der Waals surface area (Å²) < 4.78 is 10.0. The van der Waals surface area contributed by atoms with Gasteiger partial charge in [0.1, 0.15) is 5.69 Å². The van der Waals surface area contributed by atoms with Gasteiger partial charge in [-0.3, -0.25) is 4.79 Å². The lowest BCUT2D eigenvalue weighted by atomic mass is 10.1. The number of hydrogen-bond donors (Lipinski definition) is 1. The first-order valence-corrected chi connectivity index (χ1v) is 5.61. The molecule has 0 fully saturated rings. The number of H-pyrrole nitrogens is 1. The Hall–Kier alpha value is -1.05. The van der Waals surface area contributed by atoms with Gasteiger partial charge in [0, 0.05) is 0 Å². The second kappa shape index (κ2) is 5.33. The smallest absolute Gasteiger partial charge is 0.354 e. The summed E-state index contributed by atoms with van der Waals surface area (Å²) in [6.45, 7) is 1.84. The lowest BCUT2D eigenvalue weighted by Gasteiger charge is -2.02. The number of ether oxygens (including phenoxy) is 2. The minimum atomic E-state index is -0.482. The summed E-state index contributed by atoms with van der Waals surface area (Å²) in [5.74, 6) is -0.867. The zero-order chi connectivity index (χ0) is 12.3. The third kappa shape index (κ3) is 2.55. The predicted molar refractivity (Wildman–Crippen MR) is 65.3 cm³/mol. The lowest BCUT2D eigenvalue weighted by molar-refractivity contribution is -0.139. The average molecular weight is 337 g/mol. The molecule has 6 heteroatoms. The molecule has 1 rings (SSSR count). The van der Waals surface area contributed by atoms with Gasteiger partial charge in [-0.1, -0.05) is 0 Å². The number of halogens is 1. The van der Waals surface area contributed by atoms with E-state index in [1.165, 1.54) is 14.2 Å². The van der Waals surface area contributed by atoms with Crippen molar-refractivity contribution in [1.29, 1.82) is 0 Å². The Labute approximate surface area is 107 Å². The molecule has 0 aliphatic heterocycles. The topological polar surface area (TPSA) is 68.4 Å². The number of aromatic amines is 1. The standard InChI is InChI=1S/C10H12INO4/c1-5-6(4-7(13)15-2)8(10(14)16-3)12-9(5)11/h12H,4H2,1-3H3. The van der Waals surface area contributed by atoms with E-state index in [1.807, 2.05) is 6.92 Å². The molecule has 88 valence electrons. The fourth-order valence-electron chi connectivity index (χ4n) is 1.31. The van der Waals surface area contributed by atoms with E-state index in [1.54, 1.807) is 0 Å². The van der Waals surface area contributed by atoms with Gasteiger partial charge in [-0.2, -0.15) is 0 Å². The molecule has 1 aromatic rings. The second-order valence-corrected chi connectivity index (χ2v) is 4.24. The number of carbonyl (C=O) groups excluding carboxylic acids is 2. The quantitative estimate of drug-likeness (QED) is 0.669. The lowest BCUT2D eigenvalue weighted by Crippen LogP contribution is -2.11. The maximum atomic E-state index is 11.5. The van der Waals surface area contributed by atoms with Gasteiger partial charge >= 0.3 is 11.9 Å². The molecule has 16 heavy (non-hydrogen) atoms. The zero-order valence-electron chi connectivity index (χ0n) is 9.22. The number of nitrogens with one attached hydrogen (secondary N) is 1. The van der Waals surface area contributed by atoms with Gasteiger partial charge in [-0.15, -0.1) is 0 Å². The Balaban J connectivity index is 3.13. The van der Waals surface area contributed by atoms with Crippen LogP contribution < -0.4 is 0 Å². The van der Waals surface area contributed by atoms with E-state index in [0.717, 1.165) is 9.26 Å². The van der Waals surface area contributed by atoms with Crippen LogP contribution >= 0.6 is 22.6 Å². The van der Waals surface area contributed by atoms with Gasteiger partial charge < -0.3 is 14.5 Å². The largest absolute Gasteiger partial charge is 0.469 e. The van der Waals surface area contributed by atoms with Crippen molar-refractivity contribution < 1.29 is 19.1 Å². The van der Waals surface area contributed by atoms with Crippen molar-refractivity contribution in [2.75, 3.05) is 14.2 Å². The third-order valence-electron chi connectivity index (χ3n) is 2.26. The fourth-order valence-corrected chi connectivity index (χ4v) is 1.91. The molecule has 1 N–H and O–H groups in total. The highest BCUT2D eigenvalue weighted by atomic mass is 127. The predicted octanol–water partition coefficient (Wildman–Crippen LogP) is 1.43. The Morgan fingerprint density at radius 1 is 1.31 bits per heavy atom. The summed E-state index contributed by atoms with van der Waals surface area (Å²) in [5.41, 5.74) is 1.81. The van der Waals surface area contributed by atoms with Crippen LogP contribution in [0.4, 0.5) is 0 Å². The molecule has 0 aliphatic rings. The molecular weight excluding hydrogens is 325 g/mol. The fraction of sp³-hybridized carbons (Fsp3) is 0.400. The average Bonchev–Trinajstić information content (AvgIpc) is 2.56. The number of rotatable bonds is 3. The van der Waals surface area contributed by atoms with Crippen molar-refractivity contribution in [3.05, 3.63) is 20.5 Å². The number of methoxy groups -OCH3 is 2. The number of carbonyl (C=O) groups is 2. The third-order valence-corrected chi connectivity index (χ3v) is 3.34. The molecule has 0 aromatic carbocycles. The summed E-state index contributed by atoms with van der Waals surface area (Å²) in [4.78, 5) is 25.6. The van der Waals surface area contributed by atoms with Crippen LogP contribution in [0.1, 0.15) is 21.6 Å². The first kappa shape index (κ1) is 13.0. The van der Waals surface area contributed by atoms with Gasteiger partial charge in [0.2, 0.25) is 0 Å². The van der Waals surface area contributed by atoms with Crippen LogP contribution in [0.2, 0.25) is 0 Å². The van der Waals surface area contributed by atoms with Crippen LogP contribution in [0.25, 0.3) is 0 Å². The Morgan fingerprint density at radius 3 is 2.44 bits per heavy atom. The van der Waals surface area contributed by atoms with E-state index in [-0.39, 0.29) is 12.4 Å². The van der Waals surface area contributed by atoms with E-state index >= 15 is 0 Å². The molecule has 5 nitrogen and oxygen atoms in total. The van der Waals surface area contributed by atoms with E-state index in [9.17, 15) is 9.59 Å². The van der Waals surface area contributed by atoms with Gasteiger partial charge in [-0.05, 0) is 40.6 Å². The summed E-state index contributed by atoms with van der Waals surface area (Å²) in [6.07, 6.45) is 0.0618. The SMILES string of the molecule is COC(=O)Cc1c(C(=O)OC)[nH]c(I)c1C. The summed E-state index contributed by atoms with van der Waals surface area (Å²) >= 11 is 2.06. The van der Waals surface area contributed by atoms with Gasteiger partial charge in [0.25, 0.3) is 0 Å². The molecule has 1 heterocycles. The number of esters is 2. The van der Waals surface area contributed by atoms with Crippen molar-refractivity contribution in [2.24, 2.45) is 0 Å². The molecule has 0 saturated carbocycles. The maximum Gasteiger partial charge on any atom is 0.354 e. The minimum absolute atomic E-state index is 0.0618. The monoisotopic (exact) mass is 337 g/mol. The van der Waals surface area contributed by atoms with Gasteiger partial charge in [-0.25, -0.2) is 4.79 Å². The number of hydrogen-bond acceptors (Lipinski definition) is 4. The highest BCUT2D eigenvalue weighted by Gasteiger charge is 2.21. The molecule has 0 saturated heterocycles. The molecule has 1 aromatic heterocycles. The summed E-state index contributed by atoms with van der Waals surface area (Å²) in [5, 5.41) is 0. The molecule has 0 amide bonds. The van der Waals surface area contributed by atoms with E-state index in [0.29, 0.717) is 11.3 Å². The van der Waals surface area contributed by atoms with Crippen molar-refractivity contribution in [3.8, 4) is 0 Å². The van der Waals surface area contributed by atoms with E-state index < -0.39 is 5.97 Å². The number of aromatic nitrogens is 1. The highest BCUT2D eigenvalue weighted by molar-refractivity contribution is 14.1. The molecule has 0 aliphatic carbocycles. The van der Waals surface area contributed by atoms with Crippen molar-refractivity contribution >= 4 is 34.5 Å². The van der Waals surface area contributed by atoms with Crippen LogP contribution in [0.15, 0.2) is 0 Å². The Kier molecular flexibility index (Phi) is 4.34. The van der Waals surface area contributed by atoms with Gasteiger partial charge in [0.15, 0.2) is 0 Å². The minimum Gasteiger partial charge on any atom is -0.469 e. The van der Waals surface area contributed by atoms with Gasteiger partial charge in [0.05, 0.1) is 24.3 Å².